The van der Waals surface area contributed by atoms with Crippen LogP contribution in [0.15, 0.2) is 30.5 Å². The Bertz CT molecular complexity index is 842. The molecule has 0 spiro atoms. The highest BCUT2D eigenvalue weighted by atomic mass is 32.1. The smallest absolute Gasteiger partial charge is 0.416 e. The first-order chi connectivity index (χ1) is 12.7. The molecular formula is C18H17F3N2O3S. The van der Waals surface area contributed by atoms with Gasteiger partial charge < -0.3 is 10.4 Å². The Balaban J connectivity index is 1.52. The van der Waals surface area contributed by atoms with E-state index in [4.69, 9.17) is 5.11 Å². The number of hydrogen-bond acceptors (Lipinski definition) is 4. The van der Waals surface area contributed by atoms with Crippen LogP contribution >= 0.6 is 11.3 Å². The second kappa shape index (κ2) is 7.30. The first-order valence-corrected chi connectivity index (χ1v) is 9.14. The van der Waals surface area contributed by atoms with Gasteiger partial charge in [0, 0.05) is 13.0 Å². The van der Waals surface area contributed by atoms with Gasteiger partial charge in [-0.25, -0.2) is 9.78 Å². The molecule has 0 radical (unpaired) electrons. The average Bonchev–Trinajstić information content (AvgIpc) is 3.22. The molecule has 2 aromatic rings. The van der Waals surface area contributed by atoms with Crippen LogP contribution in [0.3, 0.4) is 0 Å². The van der Waals surface area contributed by atoms with E-state index in [2.05, 4.69) is 10.3 Å². The van der Waals surface area contributed by atoms with Crippen molar-refractivity contribution in [2.24, 2.45) is 5.41 Å². The molecule has 0 atom stereocenters. The number of rotatable bonds is 7. The van der Waals surface area contributed by atoms with Gasteiger partial charge in [-0.05, 0) is 37.0 Å². The molecule has 0 aliphatic heterocycles. The molecule has 2 N–H and O–H groups in total. The van der Waals surface area contributed by atoms with Gasteiger partial charge in [-0.1, -0.05) is 12.1 Å². The number of hydrogen-bond donors (Lipinski definition) is 2. The van der Waals surface area contributed by atoms with Gasteiger partial charge in [-0.2, -0.15) is 13.2 Å². The Labute approximate surface area is 157 Å². The molecule has 5 nitrogen and oxygen atoms in total. The van der Waals surface area contributed by atoms with Gasteiger partial charge in [0.1, 0.15) is 4.88 Å². The van der Waals surface area contributed by atoms with Crippen molar-refractivity contribution in [2.75, 3.05) is 6.54 Å². The third-order valence-corrected chi connectivity index (χ3v) is 5.59. The summed E-state index contributed by atoms with van der Waals surface area (Å²) in [5, 5.41) is 12.3. The van der Waals surface area contributed by atoms with E-state index < -0.39 is 23.1 Å². The van der Waals surface area contributed by atoms with Crippen LogP contribution in [-0.2, 0) is 23.8 Å². The minimum absolute atomic E-state index is 0.127. The molecule has 9 heteroatoms. The lowest BCUT2D eigenvalue weighted by atomic mass is 9.95. The number of aromatic nitrogens is 1. The summed E-state index contributed by atoms with van der Waals surface area (Å²) in [6.07, 6.45) is -0.862. The fraction of sp³-hybridized carbons (Fsp3) is 0.389. The minimum atomic E-state index is -4.37. The normalized spacial score (nSPS) is 15.4. The molecule has 1 aromatic carbocycles. The standard InChI is InChI=1S/C18H17F3N2O3S/c19-18(20,21)12-3-1-11(2-4-12)9-17(6-7-17)16(26)22-8-5-14-23-10-13(27-14)15(24)25/h1-4,10H,5-9H2,(H,22,26)(H,24,25). The maximum absolute atomic E-state index is 12.6. The third-order valence-electron chi connectivity index (χ3n) is 4.55. The van der Waals surface area contributed by atoms with Gasteiger partial charge in [-0.15, -0.1) is 11.3 Å². The Morgan fingerprint density at radius 3 is 2.41 bits per heavy atom. The van der Waals surface area contributed by atoms with Crippen molar-refractivity contribution >= 4 is 23.2 Å². The van der Waals surface area contributed by atoms with Crippen molar-refractivity contribution < 1.29 is 27.9 Å². The van der Waals surface area contributed by atoms with Gasteiger partial charge in [0.15, 0.2) is 0 Å². The molecule has 1 heterocycles. The summed E-state index contributed by atoms with van der Waals surface area (Å²) >= 11 is 1.07. The molecule has 1 amide bonds. The van der Waals surface area contributed by atoms with Crippen LogP contribution in [0.5, 0.6) is 0 Å². The van der Waals surface area contributed by atoms with Crippen molar-refractivity contribution in [3.8, 4) is 0 Å². The number of thiazole rings is 1. The van der Waals surface area contributed by atoms with Crippen LogP contribution < -0.4 is 5.32 Å². The highest BCUT2D eigenvalue weighted by Crippen LogP contribution is 2.48. The zero-order chi connectivity index (χ0) is 19.7. The second-order valence-electron chi connectivity index (χ2n) is 6.58. The summed E-state index contributed by atoms with van der Waals surface area (Å²) in [6, 6.07) is 4.90. The fourth-order valence-electron chi connectivity index (χ4n) is 2.83. The van der Waals surface area contributed by atoms with Crippen LogP contribution in [0, 0.1) is 5.41 Å². The largest absolute Gasteiger partial charge is 0.477 e. The summed E-state index contributed by atoms with van der Waals surface area (Å²) < 4.78 is 37.9. The number of aromatic carboxylic acids is 1. The van der Waals surface area contributed by atoms with Crippen LogP contribution in [0.4, 0.5) is 13.2 Å². The monoisotopic (exact) mass is 398 g/mol. The number of nitrogens with one attached hydrogen (secondary N) is 1. The molecule has 1 aromatic heterocycles. The number of carboxylic acids is 1. The molecular weight excluding hydrogens is 381 g/mol. The molecule has 1 fully saturated rings. The summed E-state index contributed by atoms with van der Waals surface area (Å²) in [7, 11) is 0. The summed E-state index contributed by atoms with van der Waals surface area (Å²) in [5.74, 6) is -1.16. The molecule has 0 unspecified atom stereocenters. The fourth-order valence-corrected chi connectivity index (χ4v) is 3.59. The number of nitrogens with zero attached hydrogens (tertiary/aromatic N) is 1. The molecule has 1 aliphatic rings. The van der Waals surface area contributed by atoms with E-state index in [0.717, 1.165) is 23.5 Å². The van der Waals surface area contributed by atoms with Crippen molar-refractivity contribution in [3.05, 3.63) is 51.5 Å². The molecule has 3 rings (SSSR count). The van der Waals surface area contributed by atoms with E-state index in [-0.39, 0.29) is 10.8 Å². The molecule has 27 heavy (non-hydrogen) atoms. The summed E-state index contributed by atoms with van der Waals surface area (Å²) in [5.41, 5.74) is -0.569. The second-order valence-corrected chi connectivity index (χ2v) is 7.70. The van der Waals surface area contributed by atoms with Gasteiger partial charge >= 0.3 is 12.1 Å². The van der Waals surface area contributed by atoms with E-state index in [1.54, 1.807) is 0 Å². The maximum atomic E-state index is 12.6. The lowest BCUT2D eigenvalue weighted by molar-refractivity contribution is -0.137. The van der Waals surface area contributed by atoms with E-state index in [0.29, 0.717) is 42.8 Å². The highest BCUT2D eigenvalue weighted by molar-refractivity contribution is 7.13. The topological polar surface area (TPSA) is 79.3 Å². The van der Waals surface area contributed by atoms with Crippen LogP contribution in [0.1, 0.15) is 38.6 Å². The molecule has 0 saturated heterocycles. The Morgan fingerprint density at radius 2 is 1.89 bits per heavy atom. The Hall–Kier alpha value is -2.42. The van der Waals surface area contributed by atoms with Crippen molar-refractivity contribution in [1.82, 2.24) is 10.3 Å². The third kappa shape index (κ3) is 4.65. The molecule has 0 bridgehead atoms. The maximum Gasteiger partial charge on any atom is 0.416 e. The van der Waals surface area contributed by atoms with Gasteiger partial charge in [-0.3, -0.25) is 4.79 Å². The van der Waals surface area contributed by atoms with E-state index in [9.17, 15) is 22.8 Å². The van der Waals surface area contributed by atoms with E-state index >= 15 is 0 Å². The van der Waals surface area contributed by atoms with E-state index in [1.165, 1.54) is 18.3 Å². The predicted molar refractivity (Wildman–Crippen MR) is 92.6 cm³/mol. The van der Waals surface area contributed by atoms with Gasteiger partial charge in [0.2, 0.25) is 5.91 Å². The number of carbonyl (C=O) groups is 2. The van der Waals surface area contributed by atoms with Crippen molar-refractivity contribution in [2.45, 2.75) is 31.9 Å². The summed E-state index contributed by atoms with van der Waals surface area (Å²) in [6.45, 7) is 0.333. The highest BCUT2D eigenvalue weighted by Gasteiger charge is 2.49. The lowest BCUT2D eigenvalue weighted by Crippen LogP contribution is -2.34. The zero-order valence-corrected chi connectivity index (χ0v) is 15.0. The number of alkyl halides is 3. The van der Waals surface area contributed by atoms with Crippen LogP contribution in [0.2, 0.25) is 0 Å². The molecule has 1 saturated carbocycles. The SMILES string of the molecule is O=C(O)c1cnc(CCNC(=O)C2(Cc3ccc(C(F)(F)F)cc3)CC2)s1. The van der Waals surface area contributed by atoms with Crippen molar-refractivity contribution in [3.63, 3.8) is 0 Å². The average molecular weight is 398 g/mol. The van der Waals surface area contributed by atoms with Crippen molar-refractivity contribution in [1.29, 1.82) is 0 Å². The Morgan fingerprint density at radius 1 is 1.22 bits per heavy atom. The Kier molecular flexibility index (Phi) is 5.23. The van der Waals surface area contributed by atoms with Crippen LogP contribution in [0.25, 0.3) is 0 Å². The number of benzene rings is 1. The number of carboxylic acid groups (broad SMARTS) is 1. The zero-order valence-electron chi connectivity index (χ0n) is 14.2. The first-order valence-electron chi connectivity index (χ1n) is 8.32. The lowest BCUT2D eigenvalue weighted by Gasteiger charge is -2.16. The summed E-state index contributed by atoms with van der Waals surface area (Å²) in [4.78, 5) is 27.4. The van der Waals surface area contributed by atoms with E-state index in [1.807, 2.05) is 0 Å². The minimum Gasteiger partial charge on any atom is -0.477 e. The van der Waals surface area contributed by atoms with Gasteiger partial charge in [0.05, 0.1) is 22.2 Å². The molecule has 1 aliphatic carbocycles. The van der Waals surface area contributed by atoms with Crippen LogP contribution in [-0.4, -0.2) is 28.5 Å². The first kappa shape index (κ1) is 19.3. The number of carbonyl (C=O) groups excluding carboxylic acids is 1. The quantitative estimate of drug-likeness (QED) is 0.748. The number of halogens is 3. The molecule has 144 valence electrons. The predicted octanol–water partition coefficient (Wildman–Crippen LogP) is 3.54. The van der Waals surface area contributed by atoms with Gasteiger partial charge in [0.25, 0.3) is 0 Å². The number of amides is 1.